The zero-order valence-corrected chi connectivity index (χ0v) is 18.8. The van der Waals surface area contributed by atoms with Crippen LogP contribution in [0.5, 0.6) is 0 Å². The van der Waals surface area contributed by atoms with Gasteiger partial charge in [-0.1, -0.05) is 6.92 Å². The zero-order chi connectivity index (χ0) is 21.4. The summed E-state index contributed by atoms with van der Waals surface area (Å²) in [6, 6.07) is 6.38. The van der Waals surface area contributed by atoms with Gasteiger partial charge >= 0.3 is 0 Å². The van der Waals surface area contributed by atoms with Crippen molar-refractivity contribution >= 4 is 33.1 Å². The molecule has 0 radical (unpaired) electrons. The van der Waals surface area contributed by atoms with Crippen molar-refractivity contribution < 1.29 is 4.79 Å². The predicted molar refractivity (Wildman–Crippen MR) is 123 cm³/mol. The van der Waals surface area contributed by atoms with Crippen molar-refractivity contribution in [1.29, 1.82) is 0 Å². The van der Waals surface area contributed by atoms with Crippen molar-refractivity contribution in [2.45, 2.75) is 46.2 Å². The van der Waals surface area contributed by atoms with Crippen molar-refractivity contribution in [3.05, 3.63) is 45.8 Å². The molecule has 0 spiro atoms. The van der Waals surface area contributed by atoms with Crippen LogP contribution in [0.15, 0.2) is 35.4 Å². The molecule has 0 bridgehead atoms. The maximum absolute atomic E-state index is 12.8. The van der Waals surface area contributed by atoms with Gasteiger partial charge in [0.2, 0.25) is 5.91 Å². The highest BCUT2D eigenvalue weighted by atomic mass is 32.1. The average molecular weight is 425 g/mol. The number of aryl methyl sites for hydroxylation is 1. The van der Waals surface area contributed by atoms with Crippen LogP contribution in [0.3, 0.4) is 0 Å². The van der Waals surface area contributed by atoms with E-state index in [1.807, 2.05) is 18.3 Å². The number of hydrogen-bond acceptors (Lipinski definition) is 5. The fourth-order valence-electron chi connectivity index (χ4n) is 4.28. The number of amides is 1. The first kappa shape index (κ1) is 20.8. The second kappa shape index (κ2) is 8.32. The topological polar surface area (TPSA) is 67.2 Å². The molecular weight excluding hydrogens is 396 g/mol. The fourth-order valence-corrected chi connectivity index (χ4v) is 5.48. The molecule has 2 atom stereocenters. The Morgan fingerprint density at radius 2 is 2.13 bits per heavy atom. The van der Waals surface area contributed by atoms with E-state index in [1.54, 1.807) is 29.1 Å². The third-order valence-electron chi connectivity index (χ3n) is 6.14. The maximum atomic E-state index is 12.8. The molecule has 0 saturated carbocycles. The monoisotopic (exact) mass is 424 g/mol. The minimum atomic E-state index is -0.159. The number of carbonyl (C=O) groups excluding carboxylic acids is 1. The van der Waals surface area contributed by atoms with E-state index in [1.165, 1.54) is 24.6 Å². The van der Waals surface area contributed by atoms with Crippen molar-refractivity contribution in [2.24, 2.45) is 13.0 Å². The molecule has 3 aromatic rings. The van der Waals surface area contributed by atoms with Gasteiger partial charge in [-0.2, -0.15) is 0 Å². The summed E-state index contributed by atoms with van der Waals surface area (Å²) in [4.78, 5) is 32.2. The van der Waals surface area contributed by atoms with E-state index in [-0.39, 0.29) is 11.5 Å². The van der Waals surface area contributed by atoms with Crippen molar-refractivity contribution in [1.82, 2.24) is 14.5 Å². The molecule has 1 aliphatic heterocycles. The third kappa shape index (κ3) is 4.04. The van der Waals surface area contributed by atoms with Crippen LogP contribution in [-0.2, 0) is 18.4 Å². The Morgan fingerprint density at radius 3 is 2.90 bits per heavy atom. The molecule has 0 aromatic carbocycles. The molecule has 4 rings (SSSR count). The summed E-state index contributed by atoms with van der Waals surface area (Å²) in [7, 11) is 1.78. The van der Waals surface area contributed by atoms with Crippen LogP contribution in [0.4, 0.5) is 5.82 Å². The molecule has 0 aliphatic carbocycles. The van der Waals surface area contributed by atoms with Crippen LogP contribution in [0.1, 0.15) is 38.5 Å². The van der Waals surface area contributed by atoms with Crippen LogP contribution >= 0.6 is 11.3 Å². The van der Waals surface area contributed by atoms with E-state index >= 15 is 0 Å². The normalized spacial score (nSPS) is 19.9. The molecule has 1 saturated heterocycles. The number of rotatable bonds is 4. The van der Waals surface area contributed by atoms with Gasteiger partial charge in [0.25, 0.3) is 5.56 Å². The first-order valence-corrected chi connectivity index (χ1v) is 11.2. The lowest BCUT2D eigenvalue weighted by Gasteiger charge is -2.37. The lowest BCUT2D eigenvalue weighted by molar-refractivity contribution is -0.114. The molecular formula is C23H28N4O2S. The molecule has 2 unspecified atom stereocenters. The Labute approximate surface area is 180 Å². The molecule has 30 heavy (non-hydrogen) atoms. The molecule has 1 amide bonds. The Hall–Kier alpha value is -2.51. The Bertz CT molecular complexity index is 1150. The summed E-state index contributed by atoms with van der Waals surface area (Å²) in [5, 5.41) is 3.49. The second-order valence-corrected chi connectivity index (χ2v) is 9.49. The summed E-state index contributed by atoms with van der Waals surface area (Å²) in [6.45, 7) is 8.08. The van der Waals surface area contributed by atoms with Crippen molar-refractivity contribution in [3.63, 3.8) is 0 Å². The number of pyridine rings is 2. The number of nitrogens with one attached hydrogen (secondary N) is 1. The second-order valence-electron chi connectivity index (χ2n) is 8.36. The summed E-state index contributed by atoms with van der Waals surface area (Å²) in [6.07, 6.45) is 6.08. The van der Waals surface area contributed by atoms with Gasteiger partial charge in [-0.15, -0.1) is 11.3 Å². The van der Waals surface area contributed by atoms with Gasteiger partial charge in [0, 0.05) is 54.1 Å². The summed E-state index contributed by atoms with van der Waals surface area (Å²) >= 11 is 1.70. The van der Waals surface area contributed by atoms with E-state index in [0.717, 1.165) is 34.3 Å². The highest BCUT2D eigenvalue weighted by Crippen LogP contribution is 2.35. The first-order chi connectivity index (χ1) is 14.3. The average Bonchev–Trinajstić information content (AvgIpc) is 3.12. The molecule has 7 heteroatoms. The van der Waals surface area contributed by atoms with E-state index in [2.05, 4.69) is 35.1 Å². The highest BCUT2D eigenvalue weighted by molar-refractivity contribution is 7.19. The Kier molecular flexibility index (Phi) is 5.75. The van der Waals surface area contributed by atoms with Gasteiger partial charge in [-0.3, -0.25) is 14.5 Å². The Balaban J connectivity index is 1.75. The molecule has 4 heterocycles. The molecule has 1 fully saturated rings. The number of anilines is 1. The number of piperidine rings is 1. The van der Waals surface area contributed by atoms with E-state index in [4.69, 9.17) is 0 Å². The summed E-state index contributed by atoms with van der Waals surface area (Å²) in [5.74, 6) is 1.05. The molecule has 3 aromatic heterocycles. The van der Waals surface area contributed by atoms with Crippen molar-refractivity contribution in [3.8, 4) is 11.1 Å². The van der Waals surface area contributed by atoms with Gasteiger partial charge in [0.1, 0.15) is 5.82 Å². The number of likely N-dealkylation sites (tertiary alicyclic amines) is 1. The standard InChI is InChI=1S/C23H28N4O2S/c1-14-6-5-9-27(15(14)2)12-18-11-19-22(30-18)20(13-26(4)23(19)29)17-7-8-24-21(10-17)25-16(3)28/h7-8,10-11,13-15H,5-6,9,12H2,1-4H3,(H,24,25,28). The predicted octanol–water partition coefficient (Wildman–Crippen LogP) is 4.24. The van der Waals surface area contributed by atoms with Crippen LogP contribution in [0, 0.1) is 5.92 Å². The van der Waals surface area contributed by atoms with Crippen LogP contribution < -0.4 is 10.9 Å². The van der Waals surface area contributed by atoms with Gasteiger partial charge in [-0.25, -0.2) is 4.98 Å². The van der Waals surface area contributed by atoms with Gasteiger partial charge in [-0.05, 0) is 56.0 Å². The summed E-state index contributed by atoms with van der Waals surface area (Å²) < 4.78 is 2.63. The van der Waals surface area contributed by atoms with Crippen LogP contribution in [0.25, 0.3) is 21.2 Å². The molecule has 158 valence electrons. The number of fused-ring (bicyclic) bond motifs is 1. The number of hydrogen-bond donors (Lipinski definition) is 1. The number of thiophene rings is 1. The smallest absolute Gasteiger partial charge is 0.259 e. The summed E-state index contributed by atoms with van der Waals surface area (Å²) in [5.41, 5.74) is 1.94. The Morgan fingerprint density at radius 1 is 1.33 bits per heavy atom. The van der Waals surface area contributed by atoms with Crippen LogP contribution in [0.2, 0.25) is 0 Å². The first-order valence-electron chi connectivity index (χ1n) is 10.4. The van der Waals surface area contributed by atoms with Gasteiger partial charge in [0.15, 0.2) is 0 Å². The third-order valence-corrected chi connectivity index (χ3v) is 7.29. The van der Waals surface area contributed by atoms with E-state index in [9.17, 15) is 9.59 Å². The lowest BCUT2D eigenvalue weighted by Crippen LogP contribution is -2.41. The van der Waals surface area contributed by atoms with Crippen LogP contribution in [-0.4, -0.2) is 32.9 Å². The van der Waals surface area contributed by atoms with Gasteiger partial charge in [0.05, 0.1) is 5.39 Å². The van der Waals surface area contributed by atoms with Gasteiger partial charge < -0.3 is 9.88 Å². The minimum absolute atomic E-state index is 0.0208. The number of nitrogens with zero attached hydrogens (tertiary/aromatic N) is 3. The number of carbonyl (C=O) groups is 1. The zero-order valence-electron chi connectivity index (χ0n) is 17.9. The van der Waals surface area contributed by atoms with Crippen molar-refractivity contribution in [2.75, 3.05) is 11.9 Å². The van der Waals surface area contributed by atoms with E-state index in [0.29, 0.717) is 17.8 Å². The number of aromatic nitrogens is 2. The molecule has 1 aliphatic rings. The fraction of sp³-hybridized carbons (Fsp3) is 0.435. The largest absolute Gasteiger partial charge is 0.317 e. The molecule has 1 N–H and O–H groups in total. The van der Waals surface area contributed by atoms with E-state index < -0.39 is 0 Å². The quantitative estimate of drug-likeness (QED) is 0.680. The SMILES string of the molecule is CC(=O)Nc1cc(-c2cn(C)c(=O)c3cc(CN4CCCC(C)C4C)sc23)ccn1. The maximum Gasteiger partial charge on any atom is 0.259 e. The lowest BCUT2D eigenvalue weighted by atomic mass is 9.92. The highest BCUT2D eigenvalue weighted by Gasteiger charge is 2.25. The minimum Gasteiger partial charge on any atom is -0.317 e. The molecule has 6 nitrogen and oxygen atoms in total.